The zero-order valence-corrected chi connectivity index (χ0v) is 17.7. The van der Waals surface area contributed by atoms with Crippen molar-refractivity contribution in [2.24, 2.45) is 0 Å². The van der Waals surface area contributed by atoms with Gasteiger partial charge < -0.3 is 15.5 Å². The molecule has 156 valence electrons. The molecule has 0 aliphatic carbocycles. The van der Waals surface area contributed by atoms with Crippen LogP contribution in [0.3, 0.4) is 0 Å². The van der Waals surface area contributed by atoms with Crippen LogP contribution in [0.4, 0.5) is 5.82 Å². The first kappa shape index (κ1) is 18.8. The van der Waals surface area contributed by atoms with Crippen LogP contribution in [0.5, 0.6) is 5.88 Å². The number of aromatic amines is 2. The van der Waals surface area contributed by atoms with Crippen LogP contribution in [0.25, 0.3) is 27.9 Å². The van der Waals surface area contributed by atoms with Gasteiger partial charge in [0, 0.05) is 27.4 Å². The number of allylic oxidation sites excluding steroid dienone is 1. The topological polar surface area (TPSA) is 79.7 Å². The van der Waals surface area contributed by atoms with Gasteiger partial charge in [0.1, 0.15) is 11.6 Å². The van der Waals surface area contributed by atoms with Gasteiger partial charge in [-0.3, -0.25) is 5.10 Å². The summed E-state index contributed by atoms with van der Waals surface area (Å²) in [5, 5.41) is 9.05. The Balaban J connectivity index is 1.62. The van der Waals surface area contributed by atoms with E-state index in [9.17, 15) is 0 Å². The van der Waals surface area contributed by atoms with E-state index in [4.69, 9.17) is 22.1 Å². The first-order chi connectivity index (χ1) is 15.7. The molecule has 1 aliphatic heterocycles. The number of benzene rings is 3. The quantitative estimate of drug-likeness (QED) is 0.306. The van der Waals surface area contributed by atoms with Gasteiger partial charge in [0.05, 0.1) is 11.3 Å². The molecule has 4 N–H and O–H groups in total. The second-order valence-electron chi connectivity index (χ2n) is 7.80. The summed E-state index contributed by atoms with van der Waals surface area (Å²) < 4.78 is 6.15. The summed E-state index contributed by atoms with van der Waals surface area (Å²) in [7, 11) is 0. The Morgan fingerprint density at radius 3 is 2.41 bits per heavy atom. The monoisotopic (exact) mass is 438 g/mol. The Bertz CT molecular complexity index is 1470. The van der Waals surface area contributed by atoms with Crippen molar-refractivity contribution < 1.29 is 4.74 Å². The molecule has 5 aromatic rings. The molecule has 6 heteroatoms. The Kier molecular flexibility index (Phi) is 4.30. The fourth-order valence-corrected chi connectivity index (χ4v) is 4.54. The Morgan fingerprint density at radius 1 is 0.844 bits per heavy atom. The van der Waals surface area contributed by atoms with Gasteiger partial charge in [0.15, 0.2) is 0 Å². The maximum absolute atomic E-state index is 6.34. The predicted octanol–water partition coefficient (Wildman–Crippen LogP) is 6.36. The van der Waals surface area contributed by atoms with E-state index in [2.05, 4.69) is 51.6 Å². The average molecular weight is 439 g/mol. The van der Waals surface area contributed by atoms with E-state index in [1.807, 2.05) is 48.5 Å². The number of H-pyrrole nitrogens is 2. The second kappa shape index (κ2) is 7.32. The fourth-order valence-electron chi connectivity index (χ4n) is 4.41. The fraction of sp³-hybridized carbons (Fsp3) is 0.0385. The van der Waals surface area contributed by atoms with Crippen LogP contribution in [0.2, 0.25) is 5.02 Å². The van der Waals surface area contributed by atoms with Crippen LogP contribution >= 0.6 is 11.6 Å². The number of nitrogens with zero attached hydrogens (tertiary/aromatic N) is 1. The third-order valence-electron chi connectivity index (χ3n) is 5.88. The number of nitrogens with two attached hydrogens (primary N) is 1. The molecule has 1 atom stereocenters. The third-order valence-corrected chi connectivity index (χ3v) is 6.13. The van der Waals surface area contributed by atoms with E-state index in [0.29, 0.717) is 16.7 Å². The van der Waals surface area contributed by atoms with Crippen molar-refractivity contribution in [3.8, 4) is 17.1 Å². The summed E-state index contributed by atoms with van der Waals surface area (Å²) in [5.41, 5.74) is 12.5. The lowest BCUT2D eigenvalue weighted by atomic mass is 9.86. The molecule has 32 heavy (non-hydrogen) atoms. The van der Waals surface area contributed by atoms with Crippen LogP contribution < -0.4 is 10.5 Å². The number of rotatable bonds is 3. The highest BCUT2D eigenvalue weighted by Gasteiger charge is 2.32. The van der Waals surface area contributed by atoms with Crippen molar-refractivity contribution in [3.05, 3.63) is 107 Å². The molecule has 0 fully saturated rings. The van der Waals surface area contributed by atoms with Crippen LogP contribution in [-0.4, -0.2) is 15.2 Å². The summed E-state index contributed by atoms with van der Waals surface area (Å²) in [6.07, 6.45) is 2.11. The first-order valence-corrected chi connectivity index (χ1v) is 10.7. The minimum Gasteiger partial charge on any atom is -0.437 e. The maximum atomic E-state index is 6.34. The molecular weight excluding hydrogens is 420 g/mol. The number of halogens is 1. The highest BCUT2D eigenvalue weighted by molar-refractivity contribution is 6.30. The van der Waals surface area contributed by atoms with Gasteiger partial charge in [0.25, 0.3) is 0 Å². The van der Waals surface area contributed by atoms with Gasteiger partial charge >= 0.3 is 0 Å². The van der Waals surface area contributed by atoms with Crippen molar-refractivity contribution in [1.82, 2.24) is 15.2 Å². The molecule has 1 aliphatic rings. The normalized spacial score (nSPS) is 15.3. The number of hydrogen-bond donors (Lipinski definition) is 3. The van der Waals surface area contributed by atoms with E-state index in [1.165, 1.54) is 0 Å². The van der Waals surface area contributed by atoms with Crippen molar-refractivity contribution >= 4 is 34.1 Å². The molecule has 0 amide bonds. The molecule has 2 aromatic heterocycles. The zero-order chi connectivity index (χ0) is 21.7. The molecule has 0 radical (unpaired) electrons. The van der Waals surface area contributed by atoms with Crippen molar-refractivity contribution in [1.29, 1.82) is 0 Å². The number of ether oxygens (including phenoxy) is 1. The van der Waals surface area contributed by atoms with Gasteiger partial charge in [-0.2, -0.15) is 0 Å². The minimum atomic E-state index is -0.158. The number of aromatic nitrogens is 3. The van der Waals surface area contributed by atoms with Gasteiger partial charge in [-0.1, -0.05) is 60.1 Å². The number of fused-ring (bicyclic) bond motifs is 2. The first-order valence-electron chi connectivity index (χ1n) is 10.3. The van der Waals surface area contributed by atoms with Crippen LogP contribution in [-0.2, 0) is 0 Å². The molecule has 0 bridgehead atoms. The standard InChI is InChI=1S/C26H19ClN4O/c27-17-12-10-15(11-13-17)21-14-19(23-25(28)30-31-26(23)32-21)22-18-8-4-5-9-20(18)29-24(22)16-6-2-1-3-7-16/h1-14,19,29H,(H3,28,30,31). The Morgan fingerprint density at radius 2 is 1.59 bits per heavy atom. The lowest BCUT2D eigenvalue weighted by Crippen LogP contribution is -2.11. The van der Waals surface area contributed by atoms with E-state index < -0.39 is 0 Å². The smallest absolute Gasteiger partial charge is 0.244 e. The van der Waals surface area contributed by atoms with Crippen molar-refractivity contribution in [2.45, 2.75) is 5.92 Å². The molecule has 0 saturated carbocycles. The molecule has 1 unspecified atom stereocenters. The summed E-state index contributed by atoms with van der Waals surface area (Å²) in [5.74, 6) is 1.55. The lowest BCUT2D eigenvalue weighted by molar-refractivity contribution is 0.473. The molecule has 3 heterocycles. The van der Waals surface area contributed by atoms with Gasteiger partial charge in [-0.05, 0) is 47.5 Å². The van der Waals surface area contributed by atoms with E-state index in [0.717, 1.165) is 44.6 Å². The molecule has 0 spiro atoms. The largest absolute Gasteiger partial charge is 0.437 e. The van der Waals surface area contributed by atoms with E-state index in [1.54, 1.807) is 0 Å². The molecule has 3 aromatic carbocycles. The van der Waals surface area contributed by atoms with Gasteiger partial charge in [0.2, 0.25) is 5.88 Å². The highest BCUT2D eigenvalue weighted by atomic mass is 35.5. The minimum absolute atomic E-state index is 0.158. The summed E-state index contributed by atoms with van der Waals surface area (Å²) >= 11 is 6.10. The van der Waals surface area contributed by atoms with Crippen molar-refractivity contribution in [2.75, 3.05) is 5.73 Å². The second-order valence-corrected chi connectivity index (χ2v) is 8.24. The predicted molar refractivity (Wildman–Crippen MR) is 129 cm³/mol. The van der Waals surface area contributed by atoms with Crippen LogP contribution in [0.15, 0.2) is 84.9 Å². The summed E-state index contributed by atoms with van der Waals surface area (Å²) in [6.45, 7) is 0. The van der Waals surface area contributed by atoms with E-state index in [-0.39, 0.29) is 5.92 Å². The Hall–Kier alpha value is -3.96. The molecule has 5 nitrogen and oxygen atoms in total. The number of para-hydroxylation sites is 1. The molecule has 6 rings (SSSR count). The number of hydrogen-bond acceptors (Lipinski definition) is 3. The zero-order valence-electron chi connectivity index (χ0n) is 17.0. The third kappa shape index (κ3) is 2.98. The number of nitrogens with one attached hydrogen (secondary N) is 2. The number of anilines is 1. The van der Waals surface area contributed by atoms with Gasteiger partial charge in [-0.15, -0.1) is 5.10 Å². The lowest BCUT2D eigenvalue weighted by Gasteiger charge is -2.23. The summed E-state index contributed by atoms with van der Waals surface area (Å²) in [4.78, 5) is 3.62. The van der Waals surface area contributed by atoms with Crippen LogP contribution in [0.1, 0.15) is 22.6 Å². The maximum Gasteiger partial charge on any atom is 0.244 e. The molecular formula is C26H19ClN4O. The average Bonchev–Trinajstić information content (AvgIpc) is 3.40. The summed E-state index contributed by atoms with van der Waals surface area (Å²) in [6, 6.07) is 26.2. The highest BCUT2D eigenvalue weighted by Crippen LogP contribution is 2.47. The Labute approximate surface area is 189 Å². The molecule has 0 saturated heterocycles. The van der Waals surface area contributed by atoms with Gasteiger partial charge in [-0.25, -0.2) is 0 Å². The number of nitrogen functional groups attached to an aromatic ring is 1. The van der Waals surface area contributed by atoms with Crippen LogP contribution in [0, 0.1) is 0 Å². The van der Waals surface area contributed by atoms with Crippen molar-refractivity contribution in [3.63, 3.8) is 0 Å². The SMILES string of the molecule is Nc1[nH]nc2c1C(c1c(-c3ccccc3)[nH]c3ccccc13)C=C(c1ccc(Cl)cc1)O2. The van der Waals surface area contributed by atoms with E-state index >= 15 is 0 Å².